The number of benzene rings is 1. The fraction of sp³-hybridized carbons (Fsp3) is 0.414. The van der Waals surface area contributed by atoms with E-state index in [1.54, 1.807) is 33.7 Å². The molecule has 11 heteroatoms. The summed E-state index contributed by atoms with van der Waals surface area (Å²) in [4.78, 5) is 43.2. The molecule has 2 aromatic heterocycles. The van der Waals surface area contributed by atoms with Crippen LogP contribution in [0.15, 0.2) is 41.3 Å². The minimum absolute atomic E-state index is 0.0576. The second-order valence-electron chi connectivity index (χ2n) is 9.28. The zero-order valence-electron chi connectivity index (χ0n) is 22.9. The maximum Gasteiger partial charge on any atom is 0.411 e. The van der Waals surface area contributed by atoms with Crippen molar-refractivity contribution in [2.75, 3.05) is 29.4 Å². The van der Waals surface area contributed by atoms with Crippen molar-refractivity contribution in [1.82, 2.24) is 9.55 Å². The molecule has 4 rings (SSSR count). The molecule has 0 unspecified atom stereocenters. The highest BCUT2D eigenvalue weighted by molar-refractivity contribution is 5.92. The number of carbonyl (C=O) groups is 2. The van der Waals surface area contributed by atoms with Crippen LogP contribution in [0.1, 0.15) is 56.0 Å². The molecule has 1 aliphatic carbocycles. The van der Waals surface area contributed by atoms with Gasteiger partial charge in [-0.1, -0.05) is 26.0 Å². The number of pyridine rings is 2. The summed E-state index contributed by atoms with van der Waals surface area (Å²) in [6, 6.07) is 9.93. The van der Waals surface area contributed by atoms with Crippen LogP contribution in [0, 0.1) is 23.1 Å². The number of nitrogens with zero attached hydrogens (tertiary/aromatic N) is 5. The third-order valence-electron chi connectivity index (χ3n) is 6.64. The van der Waals surface area contributed by atoms with Gasteiger partial charge in [-0.2, -0.15) is 5.26 Å². The van der Waals surface area contributed by atoms with E-state index < -0.39 is 28.9 Å². The van der Waals surface area contributed by atoms with Crippen LogP contribution in [0.4, 0.5) is 20.7 Å². The number of amides is 1. The van der Waals surface area contributed by atoms with Crippen molar-refractivity contribution in [3.8, 4) is 6.07 Å². The highest BCUT2D eigenvalue weighted by Gasteiger charge is 2.25. The summed E-state index contributed by atoms with van der Waals surface area (Å²) in [6.45, 7) is 7.28. The standard InChI is InChI=1S/C27H28FN5O5.C2H6/c1-2-31(13-10-17-6-8-19(9-7-17)33(27(37)38)12-3-11-29)25-22(28)14-20-23(34)21(26(35)36)16-32(24(20)30-25)15-18-4-5-18;1-2/h6-9,14,16,18H,2-5,10,12-13,15H2,1H3,(H,35,36)(H,37,38);1-2H3. The van der Waals surface area contributed by atoms with Gasteiger partial charge in [-0.05, 0) is 55.9 Å². The Kier molecular flexibility index (Phi) is 10.2. The molecule has 1 fully saturated rings. The fourth-order valence-electron chi connectivity index (χ4n) is 4.39. The minimum Gasteiger partial charge on any atom is -0.477 e. The first kappa shape index (κ1) is 30.1. The molecule has 0 bridgehead atoms. The molecular weight excluding hydrogens is 517 g/mol. The summed E-state index contributed by atoms with van der Waals surface area (Å²) in [5, 5.41) is 27.6. The molecule has 212 valence electrons. The molecule has 0 saturated heterocycles. The molecule has 3 aromatic rings. The van der Waals surface area contributed by atoms with Crippen molar-refractivity contribution in [2.24, 2.45) is 5.92 Å². The Morgan fingerprint density at radius 2 is 1.85 bits per heavy atom. The lowest BCUT2D eigenvalue weighted by atomic mass is 10.1. The van der Waals surface area contributed by atoms with Gasteiger partial charge >= 0.3 is 12.1 Å². The van der Waals surface area contributed by atoms with E-state index >= 15 is 4.39 Å². The van der Waals surface area contributed by atoms with E-state index in [0.717, 1.165) is 29.4 Å². The second-order valence-corrected chi connectivity index (χ2v) is 9.28. The molecule has 10 nitrogen and oxygen atoms in total. The highest BCUT2D eigenvalue weighted by Crippen LogP contribution is 2.32. The Balaban J connectivity index is 0.00000216. The van der Waals surface area contributed by atoms with Gasteiger partial charge in [0.05, 0.1) is 17.9 Å². The summed E-state index contributed by atoms with van der Waals surface area (Å²) in [7, 11) is 0. The lowest BCUT2D eigenvalue weighted by Gasteiger charge is -2.24. The van der Waals surface area contributed by atoms with E-state index in [9.17, 15) is 24.6 Å². The number of anilines is 2. The van der Waals surface area contributed by atoms with Crippen LogP contribution >= 0.6 is 0 Å². The van der Waals surface area contributed by atoms with Gasteiger partial charge in [0.15, 0.2) is 11.6 Å². The molecule has 40 heavy (non-hydrogen) atoms. The monoisotopic (exact) mass is 551 g/mol. The number of carboxylic acid groups (broad SMARTS) is 2. The molecule has 0 atom stereocenters. The summed E-state index contributed by atoms with van der Waals surface area (Å²) < 4.78 is 16.9. The summed E-state index contributed by atoms with van der Waals surface area (Å²) in [5.41, 5.74) is 0.455. The van der Waals surface area contributed by atoms with Crippen LogP contribution in [-0.4, -0.2) is 51.5 Å². The average Bonchev–Trinajstić information content (AvgIpc) is 3.77. The maximum absolute atomic E-state index is 15.2. The number of fused-ring (bicyclic) bond motifs is 1. The number of likely N-dealkylation sites (N-methyl/N-ethyl adjacent to an activating group) is 1. The van der Waals surface area contributed by atoms with Crippen LogP contribution in [-0.2, 0) is 13.0 Å². The first-order chi connectivity index (χ1) is 19.2. The molecule has 0 spiro atoms. The zero-order valence-corrected chi connectivity index (χ0v) is 22.9. The lowest BCUT2D eigenvalue weighted by Crippen LogP contribution is -2.30. The highest BCUT2D eigenvalue weighted by atomic mass is 19.1. The number of rotatable bonds is 11. The maximum atomic E-state index is 15.2. The molecule has 1 aliphatic rings. The van der Waals surface area contributed by atoms with Gasteiger partial charge in [-0.3, -0.25) is 9.69 Å². The van der Waals surface area contributed by atoms with Crippen molar-refractivity contribution in [3.05, 3.63) is 63.7 Å². The normalized spacial score (nSPS) is 12.3. The van der Waals surface area contributed by atoms with Crippen LogP contribution in [0.5, 0.6) is 0 Å². The van der Waals surface area contributed by atoms with Crippen molar-refractivity contribution in [1.29, 1.82) is 5.26 Å². The van der Waals surface area contributed by atoms with Crippen LogP contribution in [0.3, 0.4) is 0 Å². The van der Waals surface area contributed by atoms with Gasteiger partial charge in [0, 0.05) is 38.1 Å². The van der Waals surface area contributed by atoms with Gasteiger partial charge in [-0.15, -0.1) is 0 Å². The Morgan fingerprint density at radius 1 is 1.18 bits per heavy atom. The van der Waals surface area contributed by atoms with E-state index in [2.05, 4.69) is 4.98 Å². The predicted molar refractivity (Wildman–Crippen MR) is 151 cm³/mol. The third kappa shape index (κ3) is 6.94. The molecule has 1 aromatic carbocycles. The van der Waals surface area contributed by atoms with E-state index in [1.165, 1.54) is 6.20 Å². The SMILES string of the molecule is CC.CCN(CCc1ccc(N(CCC#N)C(=O)O)cc1)c1nc2c(cc1F)c(=O)c(C(=O)O)cn2CC1CC1. The first-order valence-corrected chi connectivity index (χ1v) is 13.4. The van der Waals surface area contributed by atoms with Crippen LogP contribution in [0.25, 0.3) is 11.0 Å². The summed E-state index contributed by atoms with van der Waals surface area (Å²) in [6.07, 6.45) is 2.77. The summed E-state index contributed by atoms with van der Waals surface area (Å²) >= 11 is 0. The third-order valence-corrected chi connectivity index (χ3v) is 6.64. The first-order valence-electron chi connectivity index (χ1n) is 13.4. The van der Waals surface area contributed by atoms with Gasteiger partial charge < -0.3 is 19.7 Å². The quantitative estimate of drug-likeness (QED) is 0.334. The molecular formula is C29H34FN5O5. The minimum atomic E-state index is -1.36. The Labute approximate surface area is 231 Å². The van der Waals surface area contributed by atoms with E-state index in [4.69, 9.17) is 5.26 Å². The molecule has 0 radical (unpaired) electrons. The molecule has 1 saturated carbocycles. The Hall–Kier alpha value is -4.46. The van der Waals surface area contributed by atoms with Gasteiger partial charge in [0.25, 0.3) is 0 Å². The van der Waals surface area contributed by atoms with Crippen molar-refractivity contribution in [2.45, 2.75) is 53.0 Å². The van der Waals surface area contributed by atoms with Crippen molar-refractivity contribution >= 4 is 34.6 Å². The van der Waals surface area contributed by atoms with E-state index in [0.29, 0.717) is 37.7 Å². The predicted octanol–water partition coefficient (Wildman–Crippen LogP) is 5.14. The molecule has 0 aliphatic heterocycles. The van der Waals surface area contributed by atoms with Gasteiger partial charge in [0.1, 0.15) is 11.2 Å². The number of hydrogen-bond donors (Lipinski definition) is 2. The van der Waals surface area contributed by atoms with Crippen LogP contribution in [0.2, 0.25) is 0 Å². The Bertz CT molecular complexity index is 1460. The smallest absolute Gasteiger partial charge is 0.411 e. The molecule has 2 heterocycles. The van der Waals surface area contributed by atoms with Crippen molar-refractivity contribution in [3.63, 3.8) is 0 Å². The topological polar surface area (TPSA) is 140 Å². The second kappa shape index (κ2) is 13.6. The number of aromatic carboxylic acids is 1. The fourth-order valence-corrected chi connectivity index (χ4v) is 4.39. The zero-order chi connectivity index (χ0) is 29.4. The Morgan fingerprint density at radius 3 is 2.40 bits per heavy atom. The van der Waals surface area contributed by atoms with Crippen molar-refractivity contribution < 1.29 is 24.2 Å². The van der Waals surface area contributed by atoms with Crippen LogP contribution < -0.4 is 15.2 Å². The van der Waals surface area contributed by atoms with E-state index in [1.807, 2.05) is 26.8 Å². The number of carboxylic acids is 1. The van der Waals surface area contributed by atoms with Gasteiger partial charge in [0.2, 0.25) is 5.43 Å². The molecule has 1 amide bonds. The average molecular weight is 552 g/mol. The lowest BCUT2D eigenvalue weighted by molar-refractivity contribution is 0.0694. The van der Waals surface area contributed by atoms with E-state index in [-0.39, 0.29) is 29.8 Å². The molecule has 2 N–H and O–H groups in total. The number of aromatic nitrogens is 2. The van der Waals surface area contributed by atoms with Gasteiger partial charge in [-0.25, -0.2) is 19.0 Å². The number of halogens is 1. The largest absolute Gasteiger partial charge is 0.477 e. The summed E-state index contributed by atoms with van der Waals surface area (Å²) in [5.74, 6) is -1.61. The number of hydrogen-bond acceptors (Lipinski definition) is 6. The number of nitriles is 1.